The molecule has 3 nitrogen and oxygen atoms in total. The minimum Gasteiger partial charge on any atom is -0.462 e. The highest BCUT2D eigenvalue weighted by molar-refractivity contribution is 9.10. The van der Waals surface area contributed by atoms with E-state index in [0.717, 1.165) is 18.4 Å². The second-order valence-corrected chi connectivity index (χ2v) is 9.96. The van der Waals surface area contributed by atoms with Gasteiger partial charge in [0.2, 0.25) is 0 Å². The van der Waals surface area contributed by atoms with Crippen molar-refractivity contribution in [2.24, 2.45) is 22.7 Å². The largest absolute Gasteiger partial charge is 0.462 e. The van der Waals surface area contributed by atoms with Gasteiger partial charge in [0.1, 0.15) is 12.3 Å². The molecule has 0 spiro atoms. The predicted molar refractivity (Wildman–Crippen MR) is 101 cm³/mol. The van der Waals surface area contributed by atoms with Gasteiger partial charge in [-0.2, -0.15) is 0 Å². The Morgan fingerprint density at radius 2 is 2.04 bits per heavy atom. The number of allylic oxidation sites excluding steroid dienone is 6. The van der Waals surface area contributed by atoms with Crippen LogP contribution in [0.2, 0.25) is 0 Å². The van der Waals surface area contributed by atoms with E-state index in [1.54, 1.807) is 12.2 Å². The first kappa shape index (κ1) is 18.1. The summed E-state index contributed by atoms with van der Waals surface area (Å²) in [6.07, 6.45) is 9.76. The third kappa shape index (κ3) is 2.15. The molecule has 1 unspecified atom stereocenters. The Hall–Kier alpha value is -1.23. The molecule has 0 aliphatic heterocycles. The van der Waals surface area contributed by atoms with Crippen LogP contribution in [0.4, 0.5) is 4.39 Å². The summed E-state index contributed by atoms with van der Waals surface area (Å²) in [6, 6.07) is 0. The first-order valence-electron chi connectivity index (χ1n) is 9.26. The van der Waals surface area contributed by atoms with Crippen LogP contribution in [0.1, 0.15) is 40.0 Å². The van der Waals surface area contributed by atoms with Crippen LogP contribution >= 0.6 is 15.9 Å². The Morgan fingerprint density at radius 3 is 2.73 bits per heavy atom. The predicted octanol–water partition coefficient (Wildman–Crippen LogP) is 4.47. The van der Waals surface area contributed by atoms with Gasteiger partial charge in [-0.1, -0.05) is 48.0 Å². The summed E-state index contributed by atoms with van der Waals surface area (Å²) >= 11 is 3.85. The molecule has 0 aromatic heterocycles. The number of halogens is 2. The summed E-state index contributed by atoms with van der Waals surface area (Å²) in [5.41, 5.74) is -0.0945. The summed E-state index contributed by atoms with van der Waals surface area (Å²) in [5.74, 6) is -0.160. The molecule has 4 rings (SSSR count). The lowest BCUT2D eigenvalue weighted by atomic mass is 9.49. The number of hydrogen-bond donors (Lipinski definition) is 0. The average molecular weight is 423 g/mol. The van der Waals surface area contributed by atoms with Crippen molar-refractivity contribution in [2.75, 3.05) is 0 Å². The van der Waals surface area contributed by atoms with Crippen LogP contribution in [0.25, 0.3) is 0 Å². The normalized spacial score (nSPS) is 49.1. The van der Waals surface area contributed by atoms with E-state index in [-0.39, 0.29) is 35.1 Å². The number of esters is 1. The third-order valence-electron chi connectivity index (χ3n) is 7.38. The molecule has 0 bridgehead atoms. The molecule has 0 aromatic rings. The molecule has 4 aliphatic rings. The van der Waals surface area contributed by atoms with Gasteiger partial charge in [-0.15, -0.1) is 0 Å². The van der Waals surface area contributed by atoms with Crippen molar-refractivity contribution in [3.8, 4) is 0 Å². The van der Waals surface area contributed by atoms with Gasteiger partial charge in [0.25, 0.3) is 0 Å². The monoisotopic (exact) mass is 422 g/mol. The SMILES string of the molecule is CC(=O)O[C@H]1CC[C@H]2[C@@H]3C=CC4=CC(=O)C=C[C@]4(C)C3(Br)[C@@H](F)C[C@]12C. The summed E-state index contributed by atoms with van der Waals surface area (Å²) in [7, 11) is 0. The van der Waals surface area contributed by atoms with Gasteiger partial charge < -0.3 is 4.74 Å². The van der Waals surface area contributed by atoms with Crippen molar-refractivity contribution >= 4 is 27.7 Å². The highest BCUT2D eigenvalue weighted by Crippen LogP contribution is 2.68. The second-order valence-electron chi connectivity index (χ2n) is 8.65. The van der Waals surface area contributed by atoms with E-state index < -0.39 is 15.9 Å². The second kappa shape index (κ2) is 5.63. The van der Waals surface area contributed by atoms with Gasteiger partial charge in [-0.25, -0.2) is 4.39 Å². The molecular weight excluding hydrogens is 399 g/mol. The molecular formula is C21H24BrFO3. The minimum absolute atomic E-state index is 0.0307. The Kier molecular flexibility index (Phi) is 3.93. The van der Waals surface area contributed by atoms with Crippen LogP contribution in [0, 0.1) is 22.7 Å². The van der Waals surface area contributed by atoms with Gasteiger partial charge in [0.05, 0.1) is 4.32 Å². The highest BCUT2D eigenvalue weighted by Gasteiger charge is 2.68. The van der Waals surface area contributed by atoms with E-state index in [4.69, 9.17) is 4.74 Å². The first-order chi connectivity index (χ1) is 12.1. The molecule has 0 saturated heterocycles. The molecule has 7 atom stereocenters. The number of fused-ring (bicyclic) bond motifs is 5. The van der Waals surface area contributed by atoms with Crippen molar-refractivity contribution in [2.45, 2.75) is 56.6 Å². The van der Waals surface area contributed by atoms with Crippen molar-refractivity contribution in [3.63, 3.8) is 0 Å². The van der Waals surface area contributed by atoms with Crippen molar-refractivity contribution in [1.82, 2.24) is 0 Å². The smallest absolute Gasteiger partial charge is 0.302 e. The lowest BCUT2D eigenvalue weighted by molar-refractivity contribution is -0.157. The molecule has 0 heterocycles. The average Bonchev–Trinajstić information content (AvgIpc) is 2.86. The number of ether oxygens (including phenoxy) is 1. The van der Waals surface area contributed by atoms with Crippen molar-refractivity contribution in [3.05, 3.63) is 36.0 Å². The van der Waals surface area contributed by atoms with Gasteiger partial charge >= 0.3 is 5.97 Å². The lowest BCUT2D eigenvalue weighted by Crippen LogP contribution is -2.63. The molecule has 4 aliphatic carbocycles. The van der Waals surface area contributed by atoms with E-state index in [0.29, 0.717) is 6.42 Å². The van der Waals surface area contributed by atoms with Gasteiger partial charge in [-0.05, 0) is 48.8 Å². The van der Waals surface area contributed by atoms with Crippen LogP contribution in [0.15, 0.2) is 36.0 Å². The quantitative estimate of drug-likeness (QED) is 0.462. The number of rotatable bonds is 1. The topological polar surface area (TPSA) is 43.4 Å². The molecule has 2 saturated carbocycles. The summed E-state index contributed by atoms with van der Waals surface area (Å²) in [5, 5.41) is 0. The lowest BCUT2D eigenvalue weighted by Gasteiger charge is -2.60. The molecule has 0 N–H and O–H groups in total. The molecule has 2 fully saturated rings. The van der Waals surface area contributed by atoms with Crippen molar-refractivity contribution in [1.29, 1.82) is 0 Å². The van der Waals surface area contributed by atoms with Gasteiger partial charge in [0, 0.05) is 17.8 Å². The standard InChI is InChI=1S/C21H24BrFO3/c1-12(24)26-18-7-6-15-16-5-4-13-10-14(25)8-9-20(13,3)21(16,22)17(23)11-19(15,18)2/h4-5,8-10,15-18H,6-7,11H2,1-3H3/t15-,16-,17-,18-,19-,20-,21?/m0/s1. The van der Waals surface area contributed by atoms with Gasteiger partial charge in [-0.3, -0.25) is 9.59 Å². The third-order valence-corrected chi connectivity index (χ3v) is 9.23. The maximum absolute atomic E-state index is 15.8. The molecule has 0 amide bonds. The minimum atomic E-state index is -1.12. The highest BCUT2D eigenvalue weighted by atomic mass is 79.9. The first-order valence-corrected chi connectivity index (χ1v) is 10.1. The fourth-order valence-corrected chi connectivity index (χ4v) is 6.95. The van der Waals surface area contributed by atoms with Crippen LogP contribution < -0.4 is 0 Å². The Morgan fingerprint density at radius 1 is 1.31 bits per heavy atom. The van der Waals surface area contributed by atoms with Crippen LogP contribution in [0.5, 0.6) is 0 Å². The molecule has 140 valence electrons. The molecule has 5 heteroatoms. The molecule has 0 radical (unpaired) electrons. The number of carbonyl (C=O) groups excluding carboxylic acids is 2. The van der Waals surface area contributed by atoms with E-state index >= 15 is 4.39 Å². The zero-order valence-corrected chi connectivity index (χ0v) is 16.9. The molecule has 26 heavy (non-hydrogen) atoms. The number of alkyl halides is 2. The number of hydrogen-bond acceptors (Lipinski definition) is 3. The maximum atomic E-state index is 15.8. The van der Waals surface area contributed by atoms with Gasteiger partial charge in [0.15, 0.2) is 5.78 Å². The van der Waals surface area contributed by atoms with Crippen LogP contribution in [-0.2, 0) is 14.3 Å². The number of ketones is 1. The maximum Gasteiger partial charge on any atom is 0.302 e. The summed E-state index contributed by atoms with van der Waals surface area (Å²) in [4.78, 5) is 23.4. The van der Waals surface area contributed by atoms with E-state index in [2.05, 4.69) is 28.9 Å². The fraction of sp³-hybridized carbons (Fsp3) is 0.619. The zero-order valence-electron chi connectivity index (χ0n) is 15.3. The van der Waals surface area contributed by atoms with E-state index in [1.165, 1.54) is 6.92 Å². The zero-order chi connectivity index (χ0) is 18.9. The summed E-state index contributed by atoms with van der Waals surface area (Å²) in [6.45, 7) is 5.50. The Balaban J connectivity index is 1.80. The Bertz CT molecular complexity index is 771. The fourth-order valence-electron chi connectivity index (χ4n) is 5.95. The van der Waals surface area contributed by atoms with E-state index in [1.807, 2.05) is 19.1 Å². The number of carbonyl (C=O) groups is 2. The summed E-state index contributed by atoms with van der Waals surface area (Å²) < 4.78 is 20.6. The van der Waals surface area contributed by atoms with Crippen LogP contribution in [-0.4, -0.2) is 28.4 Å². The Labute approximate surface area is 161 Å². The van der Waals surface area contributed by atoms with Crippen LogP contribution in [0.3, 0.4) is 0 Å². The van der Waals surface area contributed by atoms with E-state index in [9.17, 15) is 9.59 Å². The van der Waals surface area contributed by atoms with Crippen molar-refractivity contribution < 1.29 is 18.7 Å². The molecule has 0 aromatic carbocycles.